The minimum Gasteiger partial charge on any atom is -0.481 e. The minimum absolute atomic E-state index is 0.218. The zero-order chi connectivity index (χ0) is 22.5. The molecule has 4 aromatic rings. The van der Waals surface area contributed by atoms with Gasteiger partial charge in [0.15, 0.2) is 0 Å². The minimum atomic E-state index is -0.218. The van der Waals surface area contributed by atoms with Crippen molar-refractivity contribution in [2.45, 2.75) is 0 Å². The highest BCUT2D eigenvalue weighted by molar-refractivity contribution is 5.99. The van der Waals surface area contributed by atoms with Crippen LogP contribution < -0.4 is 10.1 Å². The summed E-state index contributed by atoms with van der Waals surface area (Å²) in [6.45, 7) is 0.690. The molecule has 1 amide bonds. The average molecular weight is 428 g/mol. The highest BCUT2D eigenvalue weighted by Crippen LogP contribution is 2.31. The Hall–Kier alpha value is -4.04. The molecule has 2 N–H and O–H groups in total. The van der Waals surface area contributed by atoms with Crippen molar-refractivity contribution < 1.29 is 9.53 Å². The fourth-order valence-corrected chi connectivity index (χ4v) is 3.28. The normalized spacial score (nSPS) is 11.4. The van der Waals surface area contributed by atoms with Crippen LogP contribution in [0.2, 0.25) is 0 Å². The van der Waals surface area contributed by atoms with Gasteiger partial charge in [-0.2, -0.15) is 0 Å². The molecule has 32 heavy (non-hydrogen) atoms. The van der Waals surface area contributed by atoms with E-state index < -0.39 is 0 Å². The zero-order valence-corrected chi connectivity index (χ0v) is 18.2. The molecule has 0 atom stereocenters. The predicted octanol–water partition coefficient (Wildman–Crippen LogP) is 3.75. The third-order valence-corrected chi connectivity index (χ3v) is 4.87. The van der Waals surface area contributed by atoms with E-state index in [0.717, 1.165) is 33.3 Å². The number of aromatic nitrogens is 4. The van der Waals surface area contributed by atoms with Crippen LogP contribution in [0.4, 0.5) is 5.82 Å². The van der Waals surface area contributed by atoms with Crippen LogP contribution in [0, 0.1) is 0 Å². The highest BCUT2D eigenvalue weighted by atomic mass is 16.5. The van der Waals surface area contributed by atoms with Gasteiger partial charge in [-0.1, -0.05) is 6.08 Å². The summed E-state index contributed by atoms with van der Waals surface area (Å²) in [6, 6.07) is 9.58. The van der Waals surface area contributed by atoms with Crippen molar-refractivity contribution in [3.63, 3.8) is 0 Å². The first-order valence-corrected chi connectivity index (χ1v) is 10.1. The van der Waals surface area contributed by atoms with E-state index in [1.807, 2.05) is 49.5 Å². The number of carbonyl (C=O) groups excluding carboxylic acids is 1. The smallest absolute Gasteiger partial charge is 0.249 e. The first-order valence-electron chi connectivity index (χ1n) is 10.1. The molecular formula is C24H24N6O2. The second kappa shape index (κ2) is 9.40. The number of carbonyl (C=O) groups is 1. The summed E-state index contributed by atoms with van der Waals surface area (Å²) >= 11 is 0. The van der Waals surface area contributed by atoms with E-state index in [0.29, 0.717) is 18.2 Å². The molecule has 0 fully saturated rings. The number of pyridine rings is 3. The molecule has 0 unspecified atom stereocenters. The van der Waals surface area contributed by atoms with Gasteiger partial charge in [0, 0.05) is 65.6 Å². The Kier molecular flexibility index (Phi) is 6.23. The van der Waals surface area contributed by atoms with Gasteiger partial charge in [-0.25, -0.2) is 15.0 Å². The lowest BCUT2D eigenvalue weighted by Gasteiger charge is -2.07. The first-order chi connectivity index (χ1) is 15.5. The second-order valence-electron chi connectivity index (χ2n) is 7.50. The average Bonchev–Trinajstić information content (AvgIpc) is 3.22. The van der Waals surface area contributed by atoms with Crippen LogP contribution in [0.1, 0.15) is 0 Å². The molecule has 0 bridgehead atoms. The number of aromatic amines is 1. The van der Waals surface area contributed by atoms with Crippen molar-refractivity contribution >= 4 is 22.8 Å². The largest absolute Gasteiger partial charge is 0.481 e. The summed E-state index contributed by atoms with van der Waals surface area (Å²) < 4.78 is 5.15. The number of H-pyrrole nitrogens is 1. The Balaban J connectivity index is 1.60. The predicted molar refractivity (Wildman–Crippen MR) is 125 cm³/mol. The van der Waals surface area contributed by atoms with Crippen LogP contribution in [0.25, 0.3) is 33.3 Å². The van der Waals surface area contributed by atoms with Crippen molar-refractivity contribution in [3.05, 3.63) is 67.3 Å². The molecule has 4 rings (SSSR count). The van der Waals surface area contributed by atoms with Crippen molar-refractivity contribution in [2.24, 2.45) is 0 Å². The number of hydrogen-bond acceptors (Lipinski definition) is 6. The molecule has 0 saturated carbocycles. The van der Waals surface area contributed by atoms with Gasteiger partial charge < -0.3 is 19.9 Å². The molecule has 0 radical (unpaired) electrons. The van der Waals surface area contributed by atoms with Crippen LogP contribution >= 0.6 is 0 Å². The van der Waals surface area contributed by atoms with Gasteiger partial charge in [0.1, 0.15) is 11.5 Å². The molecule has 0 aliphatic carbocycles. The topological polar surface area (TPSA) is 96.0 Å². The van der Waals surface area contributed by atoms with E-state index >= 15 is 0 Å². The molecule has 8 heteroatoms. The Labute approximate surface area is 186 Å². The highest BCUT2D eigenvalue weighted by Gasteiger charge is 2.11. The standard InChI is InChI=1S/C24H24N6O2/c1-30(2)10-4-5-22(31)29-21-12-16(8-9-25-21)18-11-19-20(15-28-24(19)27-14-18)17-6-7-23(32-3)26-13-17/h4-9,11-15H,10H2,1-3H3,(H,27,28)(H,25,29,31). The van der Waals surface area contributed by atoms with E-state index in [1.54, 1.807) is 31.8 Å². The summed E-state index contributed by atoms with van der Waals surface area (Å²) in [5.41, 5.74) is 4.57. The number of anilines is 1. The molecule has 0 aromatic carbocycles. The van der Waals surface area contributed by atoms with E-state index in [9.17, 15) is 4.79 Å². The van der Waals surface area contributed by atoms with Crippen LogP contribution in [0.15, 0.2) is 67.3 Å². The number of nitrogens with zero attached hydrogens (tertiary/aromatic N) is 4. The molecular weight excluding hydrogens is 404 g/mol. The SMILES string of the molecule is COc1ccc(-c2c[nH]c3ncc(-c4ccnc(NC(=O)C=CCN(C)C)c4)cc23)cn1. The monoisotopic (exact) mass is 428 g/mol. The molecule has 0 saturated heterocycles. The van der Waals surface area contributed by atoms with Crippen LogP contribution in [-0.4, -0.2) is 58.5 Å². The molecule has 0 spiro atoms. The summed E-state index contributed by atoms with van der Waals surface area (Å²) in [5, 5.41) is 3.78. The summed E-state index contributed by atoms with van der Waals surface area (Å²) in [7, 11) is 5.48. The number of methoxy groups -OCH3 is 1. The number of fused-ring (bicyclic) bond motifs is 1. The van der Waals surface area contributed by atoms with E-state index in [-0.39, 0.29) is 5.91 Å². The number of hydrogen-bond donors (Lipinski definition) is 2. The molecule has 8 nitrogen and oxygen atoms in total. The zero-order valence-electron chi connectivity index (χ0n) is 18.2. The lowest BCUT2D eigenvalue weighted by atomic mass is 10.0. The van der Waals surface area contributed by atoms with E-state index in [4.69, 9.17) is 4.74 Å². The third-order valence-electron chi connectivity index (χ3n) is 4.87. The fraction of sp³-hybridized carbons (Fsp3) is 0.167. The van der Waals surface area contributed by atoms with Gasteiger partial charge in [-0.05, 0) is 43.9 Å². The Morgan fingerprint density at radius 3 is 2.69 bits per heavy atom. The summed E-state index contributed by atoms with van der Waals surface area (Å²) in [4.78, 5) is 30.4. The van der Waals surface area contributed by atoms with Crippen LogP contribution in [-0.2, 0) is 4.79 Å². The summed E-state index contributed by atoms with van der Waals surface area (Å²) in [6.07, 6.45) is 10.5. The van der Waals surface area contributed by atoms with Crippen molar-refractivity contribution in [2.75, 3.05) is 33.1 Å². The second-order valence-corrected chi connectivity index (χ2v) is 7.50. The molecule has 0 aliphatic rings. The van der Waals surface area contributed by atoms with Crippen LogP contribution in [0.3, 0.4) is 0 Å². The maximum atomic E-state index is 12.1. The molecule has 0 aliphatic heterocycles. The molecule has 162 valence electrons. The Bertz CT molecular complexity index is 1260. The Morgan fingerprint density at radius 2 is 1.94 bits per heavy atom. The number of likely N-dealkylation sites (N-methyl/N-ethyl adjacent to an activating group) is 1. The van der Waals surface area contributed by atoms with Crippen molar-refractivity contribution in [1.29, 1.82) is 0 Å². The van der Waals surface area contributed by atoms with E-state index in [2.05, 4.69) is 31.3 Å². The lowest BCUT2D eigenvalue weighted by molar-refractivity contribution is -0.111. The first kappa shape index (κ1) is 21.2. The van der Waals surface area contributed by atoms with Gasteiger partial charge >= 0.3 is 0 Å². The maximum Gasteiger partial charge on any atom is 0.249 e. The van der Waals surface area contributed by atoms with Gasteiger partial charge in [0.2, 0.25) is 11.8 Å². The van der Waals surface area contributed by atoms with Crippen LogP contribution in [0.5, 0.6) is 5.88 Å². The fourth-order valence-electron chi connectivity index (χ4n) is 3.28. The van der Waals surface area contributed by atoms with Gasteiger partial charge in [0.25, 0.3) is 0 Å². The van der Waals surface area contributed by atoms with Crippen molar-refractivity contribution in [3.8, 4) is 28.1 Å². The molecule has 4 aromatic heterocycles. The maximum absolute atomic E-state index is 12.1. The molecule has 4 heterocycles. The number of rotatable bonds is 7. The number of ether oxygens (including phenoxy) is 1. The van der Waals surface area contributed by atoms with Crippen molar-refractivity contribution in [1.82, 2.24) is 24.8 Å². The van der Waals surface area contributed by atoms with Gasteiger partial charge in [0.05, 0.1) is 7.11 Å². The summed E-state index contributed by atoms with van der Waals surface area (Å²) in [5.74, 6) is 0.830. The number of amides is 1. The Morgan fingerprint density at radius 1 is 1.09 bits per heavy atom. The van der Waals surface area contributed by atoms with Gasteiger partial charge in [-0.15, -0.1) is 0 Å². The van der Waals surface area contributed by atoms with Gasteiger partial charge in [-0.3, -0.25) is 4.79 Å². The quantitative estimate of drug-likeness (QED) is 0.435. The van der Waals surface area contributed by atoms with E-state index in [1.165, 1.54) is 6.08 Å². The number of nitrogens with one attached hydrogen (secondary N) is 2. The third kappa shape index (κ3) is 4.81. The lowest BCUT2D eigenvalue weighted by Crippen LogP contribution is -2.13.